The molecule has 3 N–H and O–H groups in total. The number of amides is 1. The fraction of sp³-hybridized carbons (Fsp3) is 0.633. The molecule has 0 aliphatic carbocycles. The zero-order chi connectivity index (χ0) is 32.4. The highest BCUT2D eigenvalue weighted by atomic mass is 35.5. The Balaban J connectivity index is 0. The number of Topliss-reactive ketones (excluding diaryl/α,β-unsaturated/α-hetero) is 1. The molecule has 2 aromatic heterocycles. The van der Waals surface area contributed by atoms with Crippen LogP contribution >= 0.6 is 11.6 Å². The predicted octanol–water partition coefficient (Wildman–Crippen LogP) is 7.46. The standard InChI is InChI=1S/C16H25N3O2.C10H19ClO.C4H5N3.S3/c1-2-3-4-5-6-7-8-9-14(20)12-16(21)19-15-10-11-17-13-18-15;1-2-3-4-5-6-7-8-9-10(11)12;5-4-1-2-6-3-7-4;1-3-2/h10-11,13H,2-9,12H2,1H3,(H,17,18,19,21);2-9H2,1H3;1-3H,(H2,5,6,7);. The molecule has 242 valence electrons. The van der Waals surface area contributed by atoms with Crippen LogP contribution in [0.25, 0.3) is 0 Å². The minimum absolute atomic E-state index is 0.00452. The van der Waals surface area contributed by atoms with Crippen molar-refractivity contribution in [3.05, 3.63) is 37.2 Å². The number of ketones is 1. The van der Waals surface area contributed by atoms with Gasteiger partial charge in [0.05, 0.1) is 6.42 Å². The summed E-state index contributed by atoms with van der Waals surface area (Å²) in [6, 6.07) is 3.23. The first-order valence-corrected chi connectivity index (χ1v) is 18.0. The highest BCUT2D eigenvalue weighted by Crippen LogP contribution is 2.10. The highest BCUT2D eigenvalue weighted by molar-refractivity contribution is 8.37. The maximum Gasteiger partial charge on any atom is 0.232 e. The molecule has 2 rings (SSSR count). The molecule has 2 aromatic rings. The van der Waals surface area contributed by atoms with Crippen molar-refractivity contribution >= 4 is 71.4 Å². The second-order valence-electron chi connectivity index (χ2n) is 9.66. The number of unbranched alkanes of at least 4 members (excludes halogenated alkanes) is 12. The van der Waals surface area contributed by atoms with Crippen molar-refractivity contribution in [2.24, 2.45) is 0 Å². The van der Waals surface area contributed by atoms with E-state index in [4.69, 9.17) is 17.3 Å². The molecule has 0 aliphatic rings. The second kappa shape index (κ2) is 34.2. The van der Waals surface area contributed by atoms with Crippen molar-refractivity contribution in [2.75, 3.05) is 11.1 Å². The van der Waals surface area contributed by atoms with Crippen LogP contribution in [0.2, 0.25) is 0 Å². The smallest absolute Gasteiger partial charge is 0.232 e. The molecule has 2 heterocycles. The summed E-state index contributed by atoms with van der Waals surface area (Å²) in [4.78, 5) is 48.6. The van der Waals surface area contributed by atoms with E-state index in [1.165, 1.54) is 76.9 Å². The van der Waals surface area contributed by atoms with Crippen LogP contribution in [0.1, 0.15) is 123 Å². The van der Waals surface area contributed by atoms with Gasteiger partial charge in [-0.05, 0) is 36.6 Å². The fourth-order valence-corrected chi connectivity index (χ4v) is 3.75. The van der Waals surface area contributed by atoms with E-state index < -0.39 is 0 Å². The first-order valence-electron chi connectivity index (χ1n) is 15.0. The molecule has 0 unspecified atom stereocenters. The Bertz CT molecular complexity index is 986. The number of hydrogen-bond acceptors (Lipinski definition) is 10. The Kier molecular flexibility index (Phi) is 34.1. The average molecular weight is 673 g/mol. The lowest BCUT2D eigenvalue weighted by Gasteiger charge is -2.04. The summed E-state index contributed by atoms with van der Waals surface area (Å²) in [5, 5.41) is 2.40. The van der Waals surface area contributed by atoms with Crippen molar-refractivity contribution in [3.8, 4) is 0 Å². The van der Waals surface area contributed by atoms with Crippen molar-refractivity contribution in [1.82, 2.24) is 19.9 Å². The van der Waals surface area contributed by atoms with E-state index >= 15 is 0 Å². The van der Waals surface area contributed by atoms with E-state index in [1.54, 1.807) is 24.5 Å². The van der Waals surface area contributed by atoms with Gasteiger partial charge in [-0.2, -0.15) is 0 Å². The van der Waals surface area contributed by atoms with Gasteiger partial charge in [-0.1, -0.05) is 90.9 Å². The fourth-order valence-electron chi connectivity index (χ4n) is 3.62. The van der Waals surface area contributed by atoms with E-state index in [0.29, 0.717) is 24.5 Å². The predicted molar refractivity (Wildman–Crippen MR) is 185 cm³/mol. The monoisotopic (exact) mass is 672 g/mol. The van der Waals surface area contributed by atoms with Gasteiger partial charge < -0.3 is 11.1 Å². The number of nitrogen functional groups attached to an aromatic ring is 1. The van der Waals surface area contributed by atoms with Crippen LogP contribution < -0.4 is 11.1 Å². The third-order valence-electron chi connectivity index (χ3n) is 5.85. The lowest BCUT2D eigenvalue weighted by atomic mass is 10.1. The molecule has 0 aromatic carbocycles. The van der Waals surface area contributed by atoms with Crippen molar-refractivity contribution in [2.45, 2.75) is 123 Å². The van der Waals surface area contributed by atoms with Gasteiger partial charge >= 0.3 is 0 Å². The van der Waals surface area contributed by atoms with E-state index in [-0.39, 0.29) is 23.4 Å². The number of anilines is 2. The van der Waals surface area contributed by atoms with Crippen LogP contribution in [0.3, 0.4) is 0 Å². The number of carbonyl (C=O) groups excluding carboxylic acids is 3. The highest BCUT2D eigenvalue weighted by Gasteiger charge is 2.09. The van der Waals surface area contributed by atoms with Gasteiger partial charge in [0.1, 0.15) is 30.1 Å². The summed E-state index contributed by atoms with van der Waals surface area (Å²) in [5.41, 5.74) is 5.21. The summed E-state index contributed by atoms with van der Waals surface area (Å²) in [6.45, 7) is 4.41. The normalized spacial score (nSPS) is 9.56. The maximum absolute atomic E-state index is 11.7. The summed E-state index contributed by atoms with van der Waals surface area (Å²) < 4.78 is 0. The molecule has 0 saturated heterocycles. The van der Waals surface area contributed by atoms with Crippen LogP contribution in [0.15, 0.2) is 37.2 Å². The van der Waals surface area contributed by atoms with Gasteiger partial charge in [-0.25, -0.2) is 19.9 Å². The number of rotatable bonds is 19. The SMILES string of the molecule is CCCCCCCCCC(=O)CC(=O)Nc1ccncn1.CCCCCCCCCC(=O)Cl.Nc1ccncn1.S=S=S. The van der Waals surface area contributed by atoms with E-state index in [1.807, 2.05) is 0 Å². The molecular formula is C30H49ClN6O3S3. The molecule has 0 saturated carbocycles. The number of aromatic nitrogens is 4. The van der Waals surface area contributed by atoms with E-state index in [2.05, 4.69) is 61.5 Å². The van der Waals surface area contributed by atoms with Crippen LogP contribution in [0.4, 0.5) is 11.6 Å². The van der Waals surface area contributed by atoms with Crippen LogP contribution in [-0.4, -0.2) is 36.9 Å². The zero-order valence-corrected chi connectivity index (χ0v) is 28.9. The topological polar surface area (TPSA) is 141 Å². The molecule has 0 atom stereocenters. The van der Waals surface area contributed by atoms with E-state index in [0.717, 1.165) is 34.6 Å². The Morgan fingerprint density at radius 2 is 1.23 bits per heavy atom. The lowest BCUT2D eigenvalue weighted by Crippen LogP contribution is -2.17. The lowest BCUT2D eigenvalue weighted by molar-refractivity contribution is -0.125. The molecule has 1 amide bonds. The molecule has 0 fully saturated rings. The van der Waals surface area contributed by atoms with Crippen molar-refractivity contribution in [3.63, 3.8) is 0 Å². The van der Waals surface area contributed by atoms with Crippen LogP contribution in [0.5, 0.6) is 0 Å². The third-order valence-corrected chi connectivity index (χ3v) is 6.04. The Morgan fingerprint density at radius 3 is 1.63 bits per heavy atom. The Labute approximate surface area is 275 Å². The number of nitrogens with two attached hydrogens (primary N) is 1. The molecule has 0 spiro atoms. The number of carbonyl (C=O) groups is 3. The number of nitrogens with zero attached hydrogens (tertiary/aromatic N) is 4. The van der Waals surface area contributed by atoms with Gasteiger partial charge in [0.15, 0.2) is 0 Å². The minimum Gasteiger partial charge on any atom is -0.384 e. The summed E-state index contributed by atoms with van der Waals surface area (Å²) >= 11 is 13.5. The van der Waals surface area contributed by atoms with E-state index in [9.17, 15) is 14.4 Å². The summed E-state index contributed by atoms with van der Waals surface area (Å²) in [5.74, 6) is 0.630. The molecule has 0 aliphatic heterocycles. The molecule has 0 bridgehead atoms. The quantitative estimate of drug-likeness (QED) is 0.0877. The van der Waals surface area contributed by atoms with Crippen molar-refractivity contribution < 1.29 is 14.4 Å². The molecule has 9 nitrogen and oxygen atoms in total. The maximum atomic E-state index is 11.7. The number of hydrogen-bond donors (Lipinski definition) is 2. The van der Waals surface area contributed by atoms with Crippen LogP contribution in [-0.2, 0) is 45.6 Å². The van der Waals surface area contributed by atoms with Crippen LogP contribution in [0, 0.1) is 0 Å². The molecule has 13 heteroatoms. The molecule has 0 radical (unpaired) electrons. The first kappa shape index (κ1) is 42.9. The second-order valence-corrected chi connectivity index (χ2v) is 11.8. The Hall–Kier alpha value is -2.28. The van der Waals surface area contributed by atoms with Gasteiger partial charge in [-0.15, -0.1) is 0 Å². The summed E-state index contributed by atoms with van der Waals surface area (Å²) in [6.07, 6.45) is 23.8. The van der Waals surface area contributed by atoms with Gasteiger partial charge in [0.25, 0.3) is 0 Å². The van der Waals surface area contributed by atoms with Gasteiger partial charge in [0.2, 0.25) is 11.1 Å². The summed E-state index contributed by atoms with van der Waals surface area (Å²) in [7, 11) is 0.917. The van der Waals surface area contributed by atoms with Gasteiger partial charge in [-0.3, -0.25) is 14.4 Å². The first-order chi connectivity index (χ1) is 20.8. The largest absolute Gasteiger partial charge is 0.384 e. The van der Waals surface area contributed by atoms with Crippen molar-refractivity contribution in [1.29, 1.82) is 0 Å². The molecular weight excluding hydrogens is 624 g/mol. The molecule has 43 heavy (non-hydrogen) atoms. The zero-order valence-electron chi connectivity index (χ0n) is 25.7. The third kappa shape index (κ3) is 35.8. The number of halogens is 1. The Morgan fingerprint density at radius 1 is 0.767 bits per heavy atom. The number of nitrogens with one attached hydrogen (secondary N) is 1. The average Bonchev–Trinajstić information content (AvgIpc) is 2.98. The van der Waals surface area contributed by atoms with Gasteiger partial charge in [0, 0.05) is 56.5 Å². The minimum atomic E-state index is -0.304.